The molecule has 0 bridgehead atoms. The molecule has 2 aliphatic heterocycles. The van der Waals surface area contributed by atoms with E-state index in [1.165, 1.54) is 54.9 Å². The highest BCUT2D eigenvalue weighted by atomic mass is 32.2. The maximum Gasteiger partial charge on any atom is 0.330 e. The second-order valence-electron chi connectivity index (χ2n) is 10.2. The molecule has 2 saturated heterocycles. The van der Waals surface area contributed by atoms with Crippen LogP contribution in [0.2, 0.25) is 0 Å². The zero-order valence-electron chi connectivity index (χ0n) is 22.7. The molecule has 1 amide bonds. The number of rotatable bonds is 9. The Bertz CT molecular complexity index is 1760. The summed E-state index contributed by atoms with van der Waals surface area (Å²) in [6.07, 6.45) is 5.60. The first kappa shape index (κ1) is 28.5. The third-order valence-electron chi connectivity index (χ3n) is 7.23. The Morgan fingerprint density at radius 1 is 1.20 bits per heavy atom. The predicted octanol–water partition coefficient (Wildman–Crippen LogP) is 0.365. The first-order valence-corrected chi connectivity index (χ1v) is 15.7. The molecule has 2 atom stereocenters. The number of carbonyl (C=O) groups is 2. The fourth-order valence-corrected chi connectivity index (χ4v) is 8.33. The number of nitrogens with zero attached hydrogens (tertiary/aromatic N) is 6. The van der Waals surface area contributed by atoms with Crippen LogP contribution in [0, 0.1) is 0 Å². The number of sulfone groups is 2. The molecule has 0 N–H and O–H groups in total. The van der Waals surface area contributed by atoms with E-state index in [4.69, 9.17) is 9.47 Å². The summed E-state index contributed by atoms with van der Waals surface area (Å²) in [7, 11) is -4.61. The van der Waals surface area contributed by atoms with Gasteiger partial charge in [-0.2, -0.15) is 0 Å². The Morgan fingerprint density at radius 2 is 1.90 bits per heavy atom. The maximum absolute atomic E-state index is 13.5. The molecule has 16 heteroatoms. The van der Waals surface area contributed by atoms with Crippen molar-refractivity contribution in [3.63, 3.8) is 0 Å². The summed E-state index contributed by atoms with van der Waals surface area (Å²) >= 11 is 0. The van der Waals surface area contributed by atoms with E-state index in [2.05, 4.69) is 15.3 Å². The molecule has 0 radical (unpaired) electrons. The number of esters is 1. The maximum atomic E-state index is 13.5. The van der Waals surface area contributed by atoms with Crippen LogP contribution < -0.4 is 4.74 Å². The van der Waals surface area contributed by atoms with Crippen molar-refractivity contribution in [2.45, 2.75) is 48.3 Å². The van der Waals surface area contributed by atoms with Crippen molar-refractivity contribution >= 4 is 37.6 Å². The molecule has 218 valence electrons. The number of aromatic nitrogens is 5. The first-order valence-electron chi connectivity index (χ1n) is 12.5. The van der Waals surface area contributed by atoms with Crippen LogP contribution in [0.5, 0.6) is 5.75 Å². The van der Waals surface area contributed by atoms with Gasteiger partial charge in [-0.25, -0.2) is 26.6 Å². The van der Waals surface area contributed by atoms with Crippen molar-refractivity contribution in [3.05, 3.63) is 59.7 Å². The molecular formula is C25H28N6O8S2. The van der Waals surface area contributed by atoms with E-state index in [9.17, 15) is 26.4 Å². The summed E-state index contributed by atoms with van der Waals surface area (Å²) in [6, 6.07) is 5.49. The van der Waals surface area contributed by atoms with Gasteiger partial charge >= 0.3 is 5.97 Å². The molecule has 0 unspecified atom stereocenters. The van der Waals surface area contributed by atoms with Crippen LogP contribution in [-0.4, -0.2) is 87.2 Å². The third kappa shape index (κ3) is 4.80. The summed E-state index contributed by atoms with van der Waals surface area (Å²) in [4.78, 5) is 31.1. The van der Waals surface area contributed by atoms with Gasteiger partial charge in [-0.05, 0) is 37.6 Å². The summed E-state index contributed by atoms with van der Waals surface area (Å²) in [5, 5.41) is 6.40. The Hall–Kier alpha value is -4.05. The second-order valence-corrected chi connectivity index (χ2v) is 14.8. The van der Waals surface area contributed by atoms with E-state index < -0.39 is 47.7 Å². The van der Waals surface area contributed by atoms with Gasteiger partial charge in [-0.3, -0.25) is 9.48 Å². The van der Waals surface area contributed by atoms with Gasteiger partial charge in [0.05, 0.1) is 31.2 Å². The monoisotopic (exact) mass is 604 g/mol. The van der Waals surface area contributed by atoms with Crippen LogP contribution in [0.4, 0.5) is 0 Å². The lowest BCUT2D eigenvalue weighted by Crippen LogP contribution is -2.59. The van der Waals surface area contributed by atoms with Gasteiger partial charge in [-0.1, -0.05) is 17.3 Å². The molecule has 0 spiro atoms. The van der Waals surface area contributed by atoms with Crippen LogP contribution in [0.15, 0.2) is 53.6 Å². The van der Waals surface area contributed by atoms with Crippen molar-refractivity contribution in [1.82, 2.24) is 29.4 Å². The van der Waals surface area contributed by atoms with Crippen LogP contribution in [0.25, 0.3) is 6.08 Å². The lowest BCUT2D eigenvalue weighted by atomic mass is 9.95. The van der Waals surface area contributed by atoms with Crippen LogP contribution in [0.3, 0.4) is 0 Å². The van der Waals surface area contributed by atoms with E-state index in [1.807, 2.05) is 0 Å². The molecule has 2 aliphatic rings. The Morgan fingerprint density at radius 3 is 2.54 bits per heavy atom. The number of carbonyl (C=O) groups excluding carboxylic acids is 2. The van der Waals surface area contributed by atoms with Crippen molar-refractivity contribution < 1.29 is 35.9 Å². The van der Waals surface area contributed by atoms with Gasteiger partial charge in [0.1, 0.15) is 22.8 Å². The van der Waals surface area contributed by atoms with Crippen LogP contribution in [-0.2, 0) is 54.2 Å². The van der Waals surface area contributed by atoms with Crippen molar-refractivity contribution in [3.8, 4) is 5.75 Å². The number of β-lactam (4-membered cyclic amide) rings is 1. The van der Waals surface area contributed by atoms with E-state index in [1.54, 1.807) is 31.3 Å². The lowest BCUT2D eigenvalue weighted by Gasteiger charge is -2.38. The molecule has 2 fully saturated rings. The first-order chi connectivity index (χ1) is 19.3. The fourth-order valence-electron chi connectivity index (χ4n) is 4.88. The molecule has 0 aliphatic carbocycles. The smallest absolute Gasteiger partial charge is 0.330 e. The summed E-state index contributed by atoms with van der Waals surface area (Å²) in [6.45, 7) is 2.64. The highest BCUT2D eigenvalue weighted by Crippen LogP contribution is 2.49. The minimum absolute atomic E-state index is 0.0394. The topological polar surface area (TPSA) is 173 Å². The molecule has 4 heterocycles. The van der Waals surface area contributed by atoms with Crippen LogP contribution >= 0.6 is 0 Å². The second kappa shape index (κ2) is 10.1. The van der Waals surface area contributed by atoms with Crippen molar-refractivity contribution in [2.24, 2.45) is 7.05 Å². The van der Waals surface area contributed by atoms with Crippen molar-refractivity contribution in [2.75, 3.05) is 12.9 Å². The normalized spacial score (nSPS) is 21.9. The zero-order valence-corrected chi connectivity index (χ0v) is 24.3. The number of hydrogen-bond acceptors (Lipinski definition) is 11. The number of imidazole rings is 1. The standard InChI is InChI=1S/C25H28N6O8S2/c1-25(2)20(23(33)39-15-16-5-7-18(38-4)8-6-16)31-21(32)19(22(31)41(25,36)37)13-17-14-30(28-27-17)11-12-40(34,35)24-26-9-10-29(24)3/h5-10,13-14,20,22H,11-12,15H2,1-4H3/b19-13+/t20-,22+/m0/s1. The number of fused-ring (bicyclic) bond motifs is 1. The van der Waals surface area contributed by atoms with Gasteiger partial charge in [0, 0.05) is 19.4 Å². The van der Waals surface area contributed by atoms with Crippen molar-refractivity contribution in [1.29, 1.82) is 0 Å². The molecule has 0 saturated carbocycles. The summed E-state index contributed by atoms with van der Waals surface area (Å²) in [5.74, 6) is -1.13. The number of benzene rings is 1. The predicted molar refractivity (Wildman–Crippen MR) is 143 cm³/mol. The van der Waals surface area contributed by atoms with Gasteiger partial charge in [0.25, 0.3) is 5.91 Å². The van der Waals surface area contributed by atoms with Gasteiger partial charge in [0.2, 0.25) is 15.0 Å². The highest BCUT2D eigenvalue weighted by molar-refractivity contribution is 7.94. The number of methoxy groups -OCH3 is 1. The Balaban J connectivity index is 1.30. The molecule has 5 rings (SSSR count). The quantitative estimate of drug-likeness (QED) is 0.188. The van der Waals surface area contributed by atoms with E-state index in [-0.39, 0.29) is 35.3 Å². The van der Waals surface area contributed by atoms with E-state index in [0.29, 0.717) is 11.3 Å². The number of aryl methyl sites for hydroxylation is 2. The third-order valence-corrected chi connectivity index (χ3v) is 11.7. The molecule has 14 nitrogen and oxygen atoms in total. The Labute approximate surface area is 236 Å². The highest BCUT2D eigenvalue weighted by Gasteiger charge is 2.70. The zero-order chi connectivity index (χ0) is 29.7. The SMILES string of the molecule is COc1ccc(COC(=O)[C@@H]2N3C(=O)/C(=C\c4cn(CCS(=O)(=O)c5nccn5C)nn4)[C@H]3S(=O)(=O)C2(C)C)cc1. The fraction of sp³-hybridized carbons (Fsp3) is 0.400. The van der Waals surface area contributed by atoms with Gasteiger partial charge < -0.3 is 18.9 Å². The molecule has 3 aromatic rings. The molecular weight excluding hydrogens is 576 g/mol. The Kier molecular flexibility index (Phi) is 7.01. The lowest BCUT2D eigenvalue weighted by molar-refractivity contribution is -0.158. The van der Waals surface area contributed by atoms with E-state index >= 15 is 0 Å². The average molecular weight is 605 g/mol. The average Bonchev–Trinajstić information content (AvgIpc) is 3.61. The van der Waals surface area contributed by atoms with Gasteiger partial charge in [-0.15, -0.1) is 5.10 Å². The summed E-state index contributed by atoms with van der Waals surface area (Å²) < 4.78 is 63.6. The van der Waals surface area contributed by atoms with E-state index in [0.717, 1.165) is 4.90 Å². The van der Waals surface area contributed by atoms with Gasteiger partial charge in [0.15, 0.2) is 21.3 Å². The number of hydrogen-bond donors (Lipinski definition) is 0. The number of ether oxygens (including phenoxy) is 2. The van der Waals surface area contributed by atoms with Crippen LogP contribution in [0.1, 0.15) is 25.1 Å². The molecule has 41 heavy (non-hydrogen) atoms. The molecule has 2 aromatic heterocycles. The largest absolute Gasteiger partial charge is 0.497 e. The minimum atomic E-state index is -4.03. The minimum Gasteiger partial charge on any atom is -0.497 e. The molecule has 1 aromatic carbocycles. The summed E-state index contributed by atoms with van der Waals surface area (Å²) in [5.41, 5.74) is 0.776. The number of amides is 1.